The van der Waals surface area contributed by atoms with Crippen molar-refractivity contribution in [2.45, 2.75) is 6.42 Å². The number of methoxy groups -OCH3 is 1. The molecule has 0 radical (unpaired) electrons. The largest absolute Gasteiger partial charge is 0.508 e. The molecule has 0 aliphatic carbocycles. The maximum absolute atomic E-state index is 9.19. The molecule has 13 heavy (non-hydrogen) atoms. The SMILES string of the molecule is C=CCc1ccccc1O.COC. The molecule has 0 aromatic heterocycles. The fourth-order valence-electron chi connectivity index (χ4n) is 0.839. The van der Waals surface area contributed by atoms with Gasteiger partial charge in [0.05, 0.1) is 0 Å². The quantitative estimate of drug-likeness (QED) is 0.708. The van der Waals surface area contributed by atoms with Gasteiger partial charge in [-0.2, -0.15) is 0 Å². The number of allylic oxidation sites excluding steroid dienone is 1. The van der Waals surface area contributed by atoms with Crippen molar-refractivity contribution >= 4 is 0 Å². The Kier molecular flexibility index (Phi) is 6.65. The maximum atomic E-state index is 9.19. The highest BCUT2D eigenvalue weighted by atomic mass is 16.4. The van der Waals surface area contributed by atoms with E-state index < -0.39 is 0 Å². The molecule has 0 fully saturated rings. The molecule has 1 aromatic carbocycles. The highest BCUT2D eigenvalue weighted by molar-refractivity contribution is 5.32. The molecular weight excluding hydrogens is 164 g/mol. The lowest BCUT2D eigenvalue weighted by atomic mass is 10.1. The summed E-state index contributed by atoms with van der Waals surface area (Å²) in [4.78, 5) is 0. The minimum Gasteiger partial charge on any atom is -0.508 e. The molecule has 0 amide bonds. The third-order valence-corrected chi connectivity index (χ3v) is 1.36. The number of aromatic hydroxyl groups is 1. The molecular formula is C11H16O2. The van der Waals surface area contributed by atoms with Gasteiger partial charge in [0.1, 0.15) is 5.75 Å². The van der Waals surface area contributed by atoms with E-state index in [2.05, 4.69) is 11.3 Å². The van der Waals surface area contributed by atoms with E-state index in [0.717, 1.165) is 12.0 Å². The first kappa shape index (κ1) is 11.7. The summed E-state index contributed by atoms with van der Waals surface area (Å²) in [6, 6.07) is 7.27. The van der Waals surface area contributed by atoms with Crippen molar-refractivity contribution in [2.24, 2.45) is 0 Å². The molecule has 72 valence electrons. The van der Waals surface area contributed by atoms with E-state index in [0.29, 0.717) is 5.75 Å². The van der Waals surface area contributed by atoms with Gasteiger partial charge in [-0.15, -0.1) is 6.58 Å². The van der Waals surface area contributed by atoms with Gasteiger partial charge in [-0.05, 0) is 18.1 Å². The summed E-state index contributed by atoms with van der Waals surface area (Å²) < 4.78 is 4.25. The van der Waals surface area contributed by atoms with Crippen LogP contribution in [0.2, 0.25) is 0 Å². The highest BCUT2D eigenvalue weighted by Gasteiger charge is 1.93. The Morgan fingerprint density at radius 1 is 1.38 bits per heavy atom. The number of hydrogen-bond acceptors (Lipinski definition) is 2. The van der Waals surface area contributed by atoms with Crippen LogP contribution in [0.3, 0.4) is 0 Å². The lowest BCUT2D eigenvalue weighted by molar-refractivity contribution is 0.277. The zero-order chi connectivity index (χ0) is 10.1. The van der Waals surface area contributed by atoms with Crippen LogP contribution in [-0.2, 0) is 11.2 Å². The Hall–Kier alpha value is -1.28. The monoisotopic (exact) mass is 180 g/mol. The van der Waals surface area contributed by atoms with Crippen molar-refractivity contribution in [3.8, 4) is 5.75 Å². The van der Waals surface area contributed by atoms with Gasteiger partial charge in [-0.3, -0.25) is 0 Å². The molecule has 2 nitrogen and oxygen atoms in total. The van der Waals surface area contributed by atoms with E-state index in [-0.39, 0.29) is 0 Å². The molecule has 0 heterocycles. The average molecular weight is 180 g/mol. The van der Waals surface area contributed by atoms with Crippen LogP contribution in [0.4, 0.5) is 0 Å². The number of para-hydroxylation sites is 1. The molecule has 2 heteroatoms. The van der Waals surface area contributed by atoms with E-state index in [1.807, 2.05) is 18.2 Å². The van der Waals surface area contributed by atoms with Gasteiger partial charge in [0, 0.05) is 14.2 Å². The van der Waals surface area contributed by atoms with Crippen LogP contribution < -0.4 is 0 Å². The topological polar surface area (TPSA) is 29.5 Å². The zero-order valence-corrected chi connectivity index (χ0v) is 8.16. The molecule has 0 aliphatic heterocycles. The van der Waals surface area contributed by atoms with Gasteiger partial charge in [0.15, 0.2) is 0 Å². The van der Waals surface area contributed by atoms with Crippen molar-refractivity contribution < 1.29 is 9.84 Å². The van der Waals surface area contributed by atoms with E-state index in [4.69, 9.17) is 0 Å². The van der Waals surface area contributed by atoms with Gasteiger partial charge < -0.3 is 9.84 Å². The second-order valence-corrected chi connectivity index (χ2v) is 2.53. The lowest BCUT2D eigenvalue weighted by Gasteiger charge is -1.97. The number of rotatable bonds is 2. The van der Waals surface area contributed by atoms with Gasteiger partial charge in [-0.25, -0.2) is 0 Å². The first-order valence-corrected chi connectivity index (χ1v) is 4.04. The van der Waals surface area contributed by atoms with Gasteiger partial charge >= 0.3 is 0 Å². The predicted molar refractivity (Wildman–Crippen MR) is 54.9 cm³/mol. The molecule has 0 atom stereocenters. The van der Waals surface area contributed by atoms with E-state index in [1.165, 1.54) is 0 Å². The Labute approximate surface area is 79.5 Å². The minimum absolute atomic E-state index is 0.349. The molecule has 0 bridgehead atoms. The number of phenols is 1. The second kappa shape index (κ2) is 7.37. The van der Waals surface area contributed by atoms with Crippen LogP contribution in [0, 0.1) is 0 Å². The van der Waals surface area contributed by atoms with Gasteiger partial charge in [0.2, 0.25) is 0 Å². The van der Waals surface area contributed by atoms with E-state index in [1.54, 1.807) is 26.4 Å². The van der Waals surface area contributed by atoms with Gasteiger partial charge in [0.25, 0.3) is 0 Å². The fraction of sp³-hybridized carbons (Fsp3) is 0.273. The third kappa shape index (κ3) is 5.04. The summed E-state index contributed by atoms with van der Waals surface area (Å²) in [6.45, 7) is 3.59. The highest BCUT2D eigenvalue weighted by Crippen LogP contribution is 2.15. The minimum atomic E-state index is 0.349. The lowest BCUT2D eigenvalue weighted by Crippen LogP contribution is -1.79. The molecule has 1 rings (SSSR count). The second-order valence-electron chi connectivity index (χ2n) is 2.53. The first-order valence-electron chi connectivity index (χ1n) is 4.04. The van der Waals surface area contributed by atoms with Gasteiger partial charge in [-0.1, -0.05) is 24.3 Å². The Morgan fingerprint density at radius 2 is 1.92 bits per heavy atom. The first-order chi connectivity index (χ1) is 6.26. The number of hydrogen-bond donors (Lipinski definition) is 1. The Bertz CT molecular complexity index is 244. The summed E-state index contributed by atoms with van der Waals surface area (Å²) in [5.41, 5.74) is 0.928. The number of ether oxygens (including phenoxy) is 1. The van der Waals surface area contributed by atoms with E-state index in [9.17, 15) is 5.11 Å². The summed E-state index contributed by atoms with van der Waals surface area (Å²) in [5, 5.41) is 9.19. The van der Waals surface area contributed by atoms with Crippen molar-refractivity contribution in [3.63, 3.8) is 0 Å². The van der Waals surface area contributed by atoms with Crippen LogP contribution in [0.5, 0.6) is 5.75 Å². The van der Waals surface area contributed by atoms with Crippen molar-refractivity contribution in [1.29, 1.82) is 0 Å². The Balaban J connectivity index is 0.000000424. The molecule has 0 saturated carbocycles. The molecule has 0 saturated heterocycles. The molecule has 0 aliphatic rings. The summed E-state index contributed by atoms with van der Waals surface area (Å²) in [5.74, 6) is 0.349. The molecule has 1 aromatic rings. The maximum Gasteiger partial charge on any atom is 0.119 e. The van der Waals surface area contributed by atoms with Crippen LogP contribution in [0.15, 0.2) is 36.9 Å². The summed E-state index contributed by atoms with van der Waals surface area (Å²) in [6.07, 6.45) is 2.50. The van der Waals surface area contributed by atoms with E-state index >= 15 is 0 Å². The Morgan fingerprint density at radius 3 is 2.38 bits per heavy atom. The third-order valence-electron chi connectivity index (χ3n) is 1.36. The van der Waals surface area contributed by atoms with Crippen molar-refractivity contribution in [1.82, 2.24) is 0 Å². The summed E-state index contributed by atoms with van der Waals surface area (Å²) >= 11 is 0. The molecule has 1 N–H and O–H groups in total. The number of phenolic OH excluding ortho intramolecular Hbond substituents is 1. The van der Waals surface area contributed by atoms with Crippen LogP contribution in [0.1, 0.15) is 5.56 Å². The molecule has 0 unspecified atom stereocenters. The normalized spacial score (nSPS) is 8.46. The number of benzene rings is 1. The average Bonchev–Trinajstić information content (AvgIpc) is 2.11. The van der Waals surface area contributed by atoms with Crippen molar-refractivity contribution in [2.75, 3.05) is 14.2 Å². The fourth-order valence-corrected chi connectivity index (χ4v) is 0.839. The van der Waals surface area contributed by atoms with Crippen LogP contribution in [0.25, 0.3) is 0 Å². The zero-order valence-electron chi connectivity index (χ0n) is 8.16. The summed E-state index contributed by atoms with van der Waals surface area (Å²) in [7, 11) is 3.25. The standard InChI is InChI=1S/C9H10O.C2H6O/c1-2-5-8-6-3-4-7-9(8)10;1-3-2/h2-4,6-7,10H,1,5H2;1-2H3. The smallest absolute Gasteiger partial charge is 0.119 e. The predicted octanol–water partition coefficient (Wildman–Crippen LogP) is 2.38. The molecule has 0 spiro atoms. The van der Waals surface area contributed by atoms with Crippen molar-refractivity contribution in [3.05, 3.63) is 42.5 Å². The van der Waals surface area contributed by atoms with Crippen LogP contribution >= 0.6 is 0 Å². The van der Waals surface area contributed by atoms with Crippen LogP contribution in [-0.4, -0.2) is 19.3 Å².